The van der Waals surface area contributed by atoms with E-state index in [1.165, 1.54) is 6.92 Å². The minimum Gasteiger partial charge on any atom is -0.318 e. The van der Waals surface area contributed by atoms with Crippen molar-refractivity contribution in [3.05, 3.63) is 0 Å². The van der Waals surface area contributed by atoms with Crippen molar-refractivity contribution in [1.29, 1.82) is 0 Å². The number of nitrogens with zero attached hydrogens (tertiary/aromatic N) is 1. The van der Waals surface area contributed by atoms with Crippen molar-refractivity contribution in [3.8, 4) is 0 Å². The molecule has 5 nitrogen and oxygen atoms in total. The lowest BCUT2D eigenvalue weighted by atomic mass is 10.2. The summed E-state index contributed by atoms with van der Waals surface area (Å²) in [4.78, 5) is 21.7. The van der Waals surface area contributed by atoms with Crippen LogP contribution in [0.25, 0.3) is 0 Å². The van der Waals surface area contributed by atoms with Crippen LogP contribution >= 0.6 is 0 Å². The fourth-order valence-electron chi connectivity index (χ4n) is 0.784. The van der Waals surface area contributed by atoms with E-state index in [4.69, 9.17) is 5.84 Å². The highest BCUT2D eigenvalue weighted by molar-refractivity contribution is 5.83. The van der Waals surface area contributed by atoms with Crippen LogP contribution in [0.4, 0.5) is 0 Å². The molecule has 0 aromatic carbocycles. The summed E-state index contributed by atoms with van der Waals surface area (Å²) in [6, 6.07) is 0. The second-order valence-corrected chi connectivity index (χ2v) is 2.89. The summed E-state index contributed by atoms with van der Waals surface area (Å²) in [5.41, 5.74) is 0. The quantitative estimate of drug-likeness (QED) is 0.327. The Kier molecular flexibility index (Phi) is 6.09. The molecule has 0 fully saturated rings. The summed E-state index contributed by atoms with van der Waals surface area (Å²) < 4.78 is 0. The first-order chi connectivity index (χ1) is 6.07. The summed E-state index contributed by atoms with van der Waals surface area (Å²) in [5.74, 6) is 5.24. The van der Waals surface area contributed by atoms with Gasteiger partial charge in [0.15, 0.2) is 0 Å². The third-order valence-electron chi connectivity index (χ3n) is 1.61. The summed E-state index contributed by atoms with van der Waals surface area (Å²) in [5, 5.41) is 4.02. The van der Waals surface area contributed by atoms with E-state index in [1.807, 2.05) is 0 Å². The van der Waals surface area contributed by atoms with E-state index in [-0.39, 0.29) is 24.5 Å². The number of hydrogen-bond donors (Lipinski definition) is 2. The zero-order valence-electron chi connectivity index (χ0n) is 8.17. The summed E-state index contributed by atoms with van der Waals surface area (Å²) in [6.45, 7) is 2.58. The highest BCUT2D eigenvalue weighted by Gasteiger charge is 2.08. The van der Waals surface area contributed by atoms with E-state index in [0.29, 0.717) is 13.1 Å². The van der Waals surface area contributed by atoms with Crippen LogP contribution < -0.4 is 11.2 Å². The molecule has 76 valence electrons. The molecule has 0 aromatic rings. The number of rotatable bonds is 6. The maximum Gasteiger partial charge on any atom is 0.236 e. The molecule has 0 aliphatic rings. The number of carbonyl (C=O) groups is 2. The minimum atomic E-state index is -0.189. The Balaban J connectivity index is 3.63. The molecule has 0 atom stereocenters. The topological polar surface area (TPSA) is 75.4 Å². The van der Waals surface area contributed by atoms with Gasteiger partial charge in [-0.25, -0.2) is 5.84 Å². The Morgan fingerprint density at radius 2 is 2.00 bits per heavy atom. The second-order valence-electron chi connectivity index (χ2n) is 2.89. The maximum absolute atomic E-state index is 11.2. The van der Waals surface area contributed by atoms with Crippen molar-refractivity contribution < 1.29 is 9.59 Å². The molecule has 0 spiro atoms. The largest absolute Gasteiger partial charge is 0.318 e. The molecule has 0 aromatic heterocycles. The normalized spacial score (nSPS) is 9.77. The summed E-state index contributed by atoms with van der Waals surface area (Å²) in [6.07, 6.45) is 0.474. The van der Waals surface area contributed by atoms with Crippen LogP contribution in [-0.2, 0) is 9.59 Å². The SMILES string of the molecule is CNCCN(N)C(=O)CCC(C)=O. The van der Waals surface area contributed by atoms with Gasteiger partial charge in [0.05, 0.1) is 0 Å². The van der Waals surface area contributed by atoms with Crippen LogP contribution in [0.15, 0.2) is 0 Å². The smallest absolute Gasteiger partial charge is 0.236 e. The summed E-state index contributed by atoms with van der Waals surface area (Å²) in [7, 11) is 1.79. The van der Waals surface area contributed by atoms with Gasteiger partial charge in [0.2, 0.25) is 5.91 Å². The van der Waals surface area contributed by atoms with Crippen molar-refractivity contribution in [2.45, 2.75) is 19.8 Å². The molecule has 0 aliphatic heterocycles. The highest BCUT2D eigenvalue weighted by atomic mass is 16.2. The van der Waals surface area contributed by atoms with E-state index in [1.54, 1.807) is 7.05 Å². The number of amides is 1. The van der Waals surface area contributed by atoms with Gasteiger partial charge >= 0.3 is 0 Å². The standard InChI is InChI=1S/C8H17N3O2/c1-7(12)3-4-8(13)11(9)6-5-10-2/h10H,3-6,9H2,1-2H3. The molecular weight excluding hydrogens is 170 g/mol. The van der Waals surface area contributed by atoms with E-state index >= 15 is 0 Å². The van der Waals surface area contributed by atoms with Gasteiger partial charge in [0.25, 0.3) is 0 Å². The Morgan fingerprint density at radius 1 is 1.38 bits per heavy atom. The third kappa shape index (κ3) is 6.24. The molecule has 0 radical (unpaired) electrons. The number of hydrazine groups is 1. The molecule has 0 heterocycles. The van der Waals surface area contributed by atoms with Gasteiger partial charge in [-0.3, -0.25) is 9.80 Å². The van der Waals surface area contributed by atoms with Crippen molar-refractivity contribution >= 4 is 11.7 Å². The van der Waals surface area contributed by atoms with Gasteiger partial charge in [0, 0.05) is 25.9 Å². The molecule has 0 saturated heterocycles. The Morgan fingerprint density at radius 3 is 2.46 bits per heavy atom. The zero-order chi connectivity index (χ0) is 10.3. The van der Waals surface area contributed by atoms with Crippen LogP contribution in [0.5, 0.6) is 0 Å². The van der Waals surface area contributed by atoms with E-state index in [9.17, 15) is 9.59 Å². The fourth-order valence-corrected chi connectivity index (χ4v) is 0.784. The number of likely N-dealkylation sites (N-methyl/N-ethyl adjacent to an activating group) is 1. The lowest BCUT2D eigenvalue weighted by molar-refractivity contribution is -0.133. The predicted molar refractivity (Wildman–Crippen MR) is 49.7 cm³/mol. The van der Waals surface area contributed by atoms with Gasteiger partial charge in [-0.15, -0.1) is 0 Å². The predicted octanol–water partition coefficient (Wildman–Crippen LogP) is -0.723. The maximum atomic E-state index is 11.2. The first kappa shape index (κ1) is 12.1. The Bertz CT molecular complexity index is 182. The molecular formula is C8H17N3O2. The molecule has 1 amide bonds. The van der Waals surface area contributed by atoms with Gasteiger partial charge in [-0.1, -0.05) is 0 Å². The number of nitrogens with one attached hydrogen (secondary N) is 1. The number of nitrogens with two attached hydrogens (primary N) is 1. The number of Topliss-reactive ketones (excluding diaryl/α,β-unsaturated/α-hetero) is 1. The lowest BCUT2D eigenvalue weighted by Crippen LogP contribution is -2.41. The molecule has 0 unspecified atom stereocenters. The van der Waals surface area contributed by atoms with Crippen molar-refractivity contribution in [3.63, 3.8) is 0 Å². The summed E-state index contributed by atoms with van der Waals surface area (Å²) >= 11 is 0. The molecule has 0 saturated carbocycles. The Labute approximate surface area is 78.2 Å². The first-order valence-electron chi connectivity index (χ1n) is 4.27. The zero-order valence-corrected chi connectivity index (χ0v) is 8.17. The third-order valence-corrected chi connectivity index (χ3v) is 1.61. The van der Waals surface area contributed by atoms with Crippen LogP contribution in [0.2, 0.25) is 0 Å². The minimum absolute atomic E-state index is 0.00960. The molecule has 3 N–H and O–H groups in total. The van der Waals surface area contributed by atoms with Crippen molar-refractivity contribution in [1.82, 2.24) is 10.3 Å². The van der Waals surface area contributed by atoms with Gasteiger partial charge in [0.1, 0.15) is 5.78 Å². The number of carbonyl (C=O) groups excluding carboxylic acids is 2. The van der Waals surface area contributed by atoms with Gasteiger partial charge < -0.3 is 10.1 Å². The van der Waals surface area contributed by atoms with Crippen molar-refractivity contribution in [2.24, 2.45) is 5.84 Å². The number of hydrogen-bond acceptors (Lipinski definition) is 4. The highest BCUT2D eigenvalue weighted by Crippen LogP contribution is 1.94. The monoisotopic (exact) mass is 187 g/mol. The molecule has 0 bridgehead atoms. The second kappa shape index (κ2) is 6.56. The van der Waals surface area contributed by atoms with Crippen LogP contribution in [0, 0.1) is 0 Å². The molecule has 13 heavy (non-hydrogen) atoms. The fraction of sp³-hybridized carbons (Fsp3) is 0.750. The Hall–Kier alpha value is -0.940. The van der Waals surface area contributed by atoms with E-state index < -0.39 is 0 Å². The van der Waals surface area contributed by atoms with Crippen LogP contribution in [0.1, 0.15) is 19.8 Å². The molecule has 0 aliphatic carbocycles. The van der Waals surface area contributed by atoms with E-state index in [0.717, 1.165) is 5.01 Å². The average Bonchev–Trinajstić information content (AvgIpc) is 2.10. The van der Waals surface area contributed by atoms with Gasteiger partial charge in [-0.2, -0.15) is 0 Å². The lowest BCUT2D eigenvalue weighted by Gasteiger charge is -2.15. The van der Waals surface area contributed by atoms with Crippen LogP contribution in [0.3, 0.4) is 0 Å². The number of ketones is 1. The van der Waals surface area contributed by atoms with Crippen molar-refractivity contribution in [2.75, 3.05) is 20.1 Å². The van der Waals surface area contributed by atoms with E-state index in [2.05, 4.69) is 5.32 Å². The average molecular weight is 187 g/mol. The molecule has 0 rings (SSSR count). The van der Waals surface area contributed by atoms with Crippen LogP contribution in [-0.4, -0.2) is 36.8 Å². The molecule has 5 heteroatoms. The van der Waals surface area contributed by atoms with Gasteiger partial charge in [-0.05, 0) is 14.0 Å². The first-order valence-corrected chi connectivity index (χ1v) is 4.27.